The van der Waals surface area contributed by atoms with Gasteiger partial charge < -0.3 is 5.32 Å². The Morgan fingerprint density at radius 2 is 2.00 bits per heavy atom. The van der Waals surface area contributed by atoms with Gasteiger partial charge in [-0.2, -0.15) is 0 Å². The van der Waals surface area contributed by atoms with E-state index in [0.29, 0.717) is 0 Å². The van der Waals surface area contributed by atoms with Crippen molar-refractivity contribution in [2.45, 2.75) is 70.9 Å². The largest absolute Gasteiger partial charge is 0.313 e. The molecule has 1 saturated heterocycles. The Morgan fingerprint density at radius 1 is 1.12 bits per heavy atom. The van der Waals surface area contributed by atoms with Crippen molar-refractivity contribution < 1.29 is 0 Å². The van der Waals surface area contributed by atoms with Crippen LogP contribution in [-0.2, 0) is 0 Å². The smallest absolute Gasteiger partial charge is 0.0195 e. The van der Waals surface area contributed by atoms with E-state index in [1.54, 1.807) is 0 Å². The summed E-state index contributed by atoms with van der Waals surface area (Å²) in [5.41, 5.74) is 0. The van der Waals surface area contributed by atoms with Crippen LogP contribution in [0.15, 0.2) is 0 Å². The highest BCUT2D eigenvalue weighted by atomic mass is 15.2. The number of rotatable bonds is 4. The molecule has 17 heavy (non-hydrogen) atoms. The van der Waals surface area contributed by atoms with Crippen LogP contribution in [0.25, 0.3) is 0 Å². The molecular weight excluding hydrogens is 208 g/mol. The molecule has 0 bridgehead atoms. The predicted octanol–water partition coefficient (Wildman–Crippen LogP) is 3.03. The fraction of sp³-hybridized carbons (Fsp3) is 1.00. The first kappa shape index (κ1) is 13.4. The zero-order valence-corrected chi connectivity index (χ0v) is 11.8. The third-order valence-electron chi connectivity index (χ3n) is 4.70. The summed E-state index contributed by atoms with van der Waals surface area (Å²) in [5, 5.41) is 3.69. The summed E-state index contributed by atoms with van der Waals surface area (Å²) in [7, 11) is 0. The van der Waals surface area contributed by atoms with Gasteiger partial charge in [0.2, 0.25) is 0 Å². The number of likely N-dealkylation sites (N-methyl/N-ethyl adjacent to an activating group) is 1. The maximum absolute atomic E-state index is 3.69. The predicted molar refractivity (Wildman–Crippen MR) is 74.3 cm³/mol. The molecule has 0 radical (unpaired) electrons. The Balaban J connectivity index is 1.82. The summed E-state index contributed by atoms with van der Waals surface area (Å²) in [5.74, 6) is 0.946. The van der Waals surface area contributed by atoms with Crippen LogP contribution in [-0.4, -0.2) is 36.6 Å². The Morgan fingerprint density at radius 3 is 2.65 bits per heavy atom. The van der Waals surface area contributed by atoms with Gasteiger partial charge in [-0.15, -0.1) is 0 Å². The fourth-order valence-electron chi connectivity index (χ4n) is 3.63. The van der Waals surface area contributed by atoms with E-state index in [4.69, 9.17) is 0 Å². The van der Waals surface area contributed by atoms with Gasteiger partial charge in [-0.3, -0.25) is 4.90 Å². The Bertz CT molecular complexity index is 211. The van der Waals surface area contributed by atoms with Crippen molar-refractivity contribution in [2.24, 2.45) is 5.92 Å². The van der Waals surface area contributed by atoms with Crippen LogP contribution in [0.1, 0.15) is 58.8 Å². The average Bonchev–Trinajstić information content (AvgIpc) is 2.37. The van der Waals surface area contributed by atoms with Gasteiger partial charge in [-0.05, 0) is 44.7 Å². The average molecular weight is 238 g/mol. The molecule has 100 valence electrons. The molecule has 0 aromatic carbocycles. The van der Waals surface area contributed by atoms with E-state index in [2.05, 4.69) is 24.1 Å². The molecule has 1 aliphatic carbocycles. The third kappa shape index (κ3) is 3.96. The van der Waals surface area contributed by atoms with Gasteiger partial charge in [0.05, 0.1) is 0 Å². The topological polar surface area (TPSA) is 15.3 Å². The first-order chi connectivity index (χ1) is 8.29. The molecule has 2 aliphatic rings. The van der Waals surface area contributed by atoms with E-state index in [9.17, 15) is 0 Å². The monoisotopic (exact) mass is 238 g/mol. The van der Waals surface area contributed by atoms with Gasteiger partial charge in [-0.25, -0.2) is 0 Å². The van der Waals surface area contributed by atoms with Crippen LogP contribution < -0.4 is 5.32 Å². The second-order valence-electron chi connectivity index (χ2n) is 6.16. The van der Waals surface area contributed by atoms with Crippen LogP contribution in [0.3, 0.4) is 0 Å². The minimum absolute atomic E-state index is 0.765. The second kappa shape index (κ2) is 6.75. The lowest BCUT2D eigenvalue weighted by Gasteiger charge is -2.39. The third-order valence-corrected chi connectivity index (χ3v) is 4.70. The van der Waals surface area contributed by atoms with Crippen molar-refractivity contribution in [3.63, 3.8) is 0 Å². The minimum atomic E-state index is 0.765. The minimum Gasteiger partial charge on any atom is -0.313 e. The number of nitrogens with one attached hydrogen (secondary N) is 1. The van der Waals surface area contributed by atoms with E-state index >= 15 is 0 Å². The van der Waals surface area contributed by atoms with Gasteiger partial charge in [-0.1, -0.05) is 33.1 Å². The molecule has 1 heterocycles. The van der Waals surface area contributed by atoms with E-state index in [-0.39, 0.29) is 0 Å². The summed E-state index contributed by atoms with van der Waals surface area (Å²) in [6.07, 6.45) is 9.96. The van der Waals surface area contributed by atoms with E-state index in [1.165, 1.54) is 64.6 Å². The molecule has 1 N–H and O–H groups in total. The standard InChI is InChI=1S/C15H30N2/c1-3-17(12-14-8-4-5-10-16-14)15-9-6-7-13(2)11-15/h13-16H,3-12H2,1-2H3. The van der Waals surface area contributed by atoms with Crippen LogP contribution in [0.5, 0.6) is 0 Å². The summed E-state index contributed by atoms with van der Waals surface area (Å²) in [6, 6.07) is 1.63. The maximum atomic E-state index is 3.69. The second-order valence-corrected chi connectivity index (χ2v) is 6.16. The molecule has 0 spiro atoms. The summed E-state index contributed by atoms with van der Waals surface area (Å²) >= 11 is 0. The van der Waals surface area contributed by atoms with Gasteiger partial charge in [0.15, 0.2) is 0 Å². The Hall–Kier alpha value is -0.0800. The zero-order chi connectivity index (χ0) is 12.1. The first-order valence-electron chi connectivity index (χ1n) is 7.77. The molecule has 2 nitrogen and oxygen atoms in total. The van der Waals surface area contributed by atoms with Crippen molar-refractivity contribution in [1.82, 2.24) is 10.2 Å². The lowest BCUT2D eigenvalue weighted by molar-refractivity contribution is 0.122. The molecule has 0 aromatic rings. The normalized spacial score (nSPS) is 35.1. The van der Waals surface area contributed by atoms with Crippen molar-refractivity contribution in [3.05, 3.63) is 0 Å². The number of hydrogen-bond acceptors (Lipinski definition) is 2. The highest BCUT2D eigenvalue weighted by molar-refractivity contribution is 4.83. The van der Waals surface area contributed by atoms with E-state index in [1.807, 2.05) is 0 Å². The summed E-state index contributed by atoms with van der Waals surface area (Å²) in [4.78, 5) is 2.75. The molecule has 3 unspecified atom stereocenters. The van der Waals surface area contributed by atoms with Crippen LogP contribution in [0, 0.1) is 5.92 Å². The molecule has 1 aliphatic heterocycles. The number of hydrogen-bond donors (Lipinski definition) is 1. The van der Waals surface area contributed by atoms with Crippen LogP contribution in [0.4, 0.5) is 0 Å². The highest BCUT2D eigenvalue weighted by Crippen LogP contribution is 2.27. The van der Waals surface area contributed by atoms with Gasteiger partial charge >= 0.3 is 0 Å². The van der Waals surface area contributed by atoms with Crippen LogP contribution in [0.2, 0.25) is 0 Å². The fourth-order valence-corrected chi connectivity index (χ4v) is 3.63. The molecule has 3 atom stereocenters. The quantitative estimate of drug-likeness (QED) is 0.810. The Kier molecular flexibility index (Phi) is 5.30. The van der Waals surface area contributed by atoms with Gasteiger partial charge in [0.25, 0.3) is 0 Å². The van der Waals surface area contributed by atoms with E-state index in [0.717, 1.165) is 18.0 Å². The van der Waals surface area contributed by atoms with Crippen molar-refractivity contribution in [3.8, 4) is 0 Å². The molecule has 2 rings (SSSR count). The molecule has 0 amide bonds. The van der Waals surface area contributed by atoms with Crippen molar-refractivity contribution in [2.75, 3.05) is 19.6 Å². The Labute approximate surface area is 107 Å². The highest BCUT2D eigenvalue weighted by Gasteiger charge is 2.25. The van der Waals surface area contributed by atoms with Crippen LogP contribution >= 0.6 is 0 Å². The first-order valence-corrected chi connectivity index (χ1v) is 7.77. The summed E-state index contributed by atoms with van der Waals surface area (Å²) in [6.45, 7) is 8.52. The van der Waals surface area contributed by atoms with Gasteiger partial charge in [0, 0.05) is 18.6 Å². The zero-order valence-electron chi connectivity index (χ0n) is 11.8. The molecule has 2 heteroatoms. The maximum Gasteiger partial charge on any atom is 0.0195 e. The number of piperidine rings is 1. The number of nitrogens with zero attached hydrogens (tertiary/aromatic N) is 1. The SMILES string of the molecule is CCN(CC1CCCCN1)C1CCCC(C)C1. The molecule has 2 fully saturated rings. The molecule has 0 aromatic heterocycles. The van der Waals surface area contributed by atoms with Crippen molar-refractivity contribution in [1.29, 1.82) is 0 Å². The van der Waals surface area contributed by atoms with Gasteiger partial charge in [0.1, 0.15) is 0 Å². The van der Waals surface area contributed by atoms with E-state index < -0.39 is 0 Å². The lowest BCUT2D eigenvalue weighted by Crippen LogP contribution is -2.48. The molecular formula is C15H30N2. The van der Waals surface area contributed by atoms with Crippen molar-refractivity contribution >= 4 is 0 Å². The molecule has 1 saturated carbocycles. The summed E-state index contributed by atoms with van der Waals surface area (Å²) < 4.78 is 0. The lowest BCUT2D eigenvalue weighted by atomic mass is 9.86.